The van der Waals surface area contributed by atoms with E-state index < -0.39 is 22.2 Å². The zero-order valence-corrected chi connectivity index (χ0v) is 23.4. The zero-order valence-electron chi connectivity index (χ0n) is 20.4. The topological polar surface area (TPSA) is 69.7 Å². The third kappa shape index (κ3) is 3.80. The van der Waals surface area contributed by atoms with Crippen LogP contribution in [0.25, 0.3) is 0 Å². The number of halogens is 2. The highest BCUT2D eigenvalue weighted by Gasteiger charge is 2.67. The molecule has 0 N–H and O–H groups in total. The Labute approximate surface area is 225 Å². The summed E-state index contributed by atoms with van der Waals surface area (Å²) in [7, 11) is 1.33. The van der Waals surface area contributed by atoms with Gasteiger partial charge in [0, 0.05) is 14.4 Å². The summed E-state index contributed by atoms with van der Waals surface area (Å²) in [5.74, 6) is -1.12. The van der Waals surface area contributed by atoms with Gasteiger partial charge in [0.2, 0.25) is 0 Å². The molecule has 0 radical (unpaired) electrons. The molecule has 0 aromatic heterocycles. The Morgan fingerprint density at radius 2 is 1.89 bits per heavy atom. The molecular formula is C28H32ClIO5. The summed E-state index contributed by atoms with van der Waals surface area (Å²) in [6.07, 6.45) is 7.09. The van der Waals surface area contributed by atoms with Gasteiger partial charge in [0.05, 0.1) is 17.5 Å². The number of hydrogen-bond acceptors (Lipinski definition) is 5. The van der Waals surface area contributed by atoms with Crippen LogP contribution in [-0.2, 0) is 19.1 Å². The van der Waals surface area contributed by atoms with Gasteiger partial charge < -0.3 is 9.47 Å². The van der Waals surface area contributed by atoms with E-state index in [0.29, 0.717) is 17.9 Å². The second kappa shape index (κ2) is 8.86. The Balaban J connectivity index is 1.41. The van der Waals surface area contributed by atoms with Crippen molar-refractivity contribution >= 4 is 51.9 Å². The normalized spacial score (nSPS) is 40.1. The molecule has 3 fully saturated rings. The predicted octanol–water partition coefficient (Wildman–Crippen LogP) is 6.11. The predicted molar refractivity (Wildman–Crippen MR) is 141 cm³/mol. The molecule has 5 rings (SSSR count). The molecule has 1 aromatic rings. The van der Waals surface area contributed by atoms with Crippen molar-refractivity contribution in [1.29, 1.82) is 0 Å². The first-order chi connectivity index (χ1) is 16.5. The molecule has 35 heavy (non-hydrogen) atoms. The molecule has 0 bridgehead atoms. The number of methoxy groups -OCH3 is 1. The highest BCUT2D eigenvalue weighted by atomic mass is 127. The van der Waals surface area contributed by atoms with Crippen molar-refractivity contribution < 1.29 is 23.9 Å². The maximum atomic E-state index is 13.0. The summed E-state index contributed by atoms with van der Waals surface area (Å²) in [6.45, 7) is 4.41. The fraction of sp³-hybridized carbons (Fsp3) is 0.607. The molecule has 0 aliphatic heterocycles. The van der Waals surface area contributed by atoms with Crippen LogP contribution < -0.4 is 0 Å². The van der Waals surface area contributed by atoms with Crippen LogP contribution in [0.4, 0.5) is 0 Å². The first-order valence-electron chi connectivity index (χ1n) is 12.5. The van der Waals surface area contributed by atoms with Gasteiger partial charge in [-0.2, -0.15) is 0 Å². The lowest BCUT2D eigenvalue weighted by molar-refractivity contribution is -0.151. The summed E-state index contributed by atoms with van der Waals surface area (Å²) in [4.78, 5) is 37.6. The lowest BCUT2D eigenvalue weighted by Crippen LogP contribution is -2.61. The number of alkyl halides is 1. The summed E-state index contributed by atoms with van der Waals surface area (Å²) < 4.78 is 12.1. The molecule has 7 heteroatoms. The Bertz CT molecular complexity index is 1120. The fourth-order valence-electron chi connectivity index (χ4n) is 7.82. The first kappa shape index (κ1) is 25.2. The average molecular weight is 611 g/mol. The van der Waals surface area contributed by atoms with Crippen LogP contribution in [0, 0.1) is 32.2 Å². The van der Waals surface area contributed by atoms with E-state index in [9.17, 15) is 14.4 Å². The summed E-state index contributed by atoms with van der Waals surface area (Å²) in [5, 5.41) is 0. The molecule has 4 aliphatic carbocycles. The molecule has 4 aliphatic rings. The van der Waals surface area contributed by atoms with E-state index in [1.165, 1.54) is 7.11 Å². The molecule has 2 unspecified atom stereocenters. The van der Waals surface area contributed by atoms with Gasteiger partial charge in [-0.15, -0.1) is 11.6 Å². The van der Waals surface area contributed by atoms with Gasteiger partial charge in [-0.05, 0) is 104 Å². The minimum atomic E-state index is -0.789. The fourth-order valence-corrected chi connectivity index (χ4v) is 8.92. The summed E-state index contributed by atoms with van der Waals surface area (Å²) in [5.41, 5.74) is 1.09. The van der Waals surface area contributed by atoms with Crippen LogP contribution in [0.1, 0.15) is 69.2 Å². The second-order valence-electron chi connectivity index (χ2n) is 11.3. The van der Waals surface area contributed by atoms with Crippen LogP contribution >= 0.6 is 34.2 Å². The van der Waals surface area contributed by atoms with E-state index in [4.69, 9.17) is 21.1 Å². The summed E-state index contributed by atoms with van der Waals surface area (Å²) in [6, 6.07) is 7.51. The van der Waals surface area contributed by atoms with Crippen molar-refractivity contribution in [3.63, 3.8) is 0 Å². The van der Waals surface area contributed by atoms with Crippen molar-refractivity contribution in [2.24, 2.45) is 28.6 Å². The van der Waals surface area contributed by atoms with Crippen LogP contribution in [0.15, 0.2) is 35.9 Å². The van der Waals surface area contributed by atoms with Gasteiger partial charge in [0.1, 0.15) is 12.0 Å². The zero-order chi connectivity index (χ0) is 25.2. The van der Waals surface area contributed by atoms with E-state index in [0.717, 1.165) is 47.7 Å². The van der Waals surface area contributed by atoms with E-state index in [2.05, 4.69) is 36.4 Å². The second-order valence-corrected chi connectivity index (χ2v) is 13.2. The minimum Gasteiger partial charge on any atom is -0.468 e. The molecule has 0 amide bonds. The third-order valence-corrected chi connectivity index (χ3v) is 11.4. The van der Waals surface area contributed by atoms with E-state index in [1.807, 2.05) is 24.3 Å². The molecule has 0 saturated heterocycles. The quantitative estimate of drug-likeness (QED) is 0.179. The lowest BCUT2D eigenvalue weighted by Gasteiger charge is -2.62. The highest BCUT2D eigenvalue weighted by Crippen LogP contribution is 2.70. The molecule has 3 saturated carbocycles. The molecular weight excluding hydrogens is 579 g/mol. The number of esters is 2. The number of ether oxygens (including phenoxy) is 2. The van der Waals surface area contributed by atoms with Crippen molar-refractivity contribution in [2.45, 2.75) is 69.8 Å². The van der Waals surface area contributed by atoms with E-state index in [-0.39, 0.29) is 29.2 Å². The monoisotopic (exact) mass is 610 g/mol. The van der Waals surface area contributed by atoms with Crippen LogP contribution in [0.2, 0.25) is 0 Å². The number of ketones is 1. The number of fused-ring (bicyclic) bond motifs is 5. The molecule has 0 spiro atoms. The number of allylic oxidation sites excluding steroid dienone is 1. The number of carbonyl (C=O) groups is 3. The lowest BCUT2D eigenvalue weighted by atomic mass is 9.46. The maximum absolute atomic E-state index is 13.0. The number of benzene rings is 1. The van der Waals surface area contributed by atoms with Gasteiger partial charge in [0.15, 0.2) is 5.78 Å². The van der Waals surface area contributed by atoms with Crippen molar-refractivity contribution in [3.8, 4) is 0 Å². The molecule has 5 nitrogen and oxygen atoms in total. The number of carbonyl (C=O) groups excluding carboxylic acids is 3. The molecule has 7 atom stereocenters. The SMILES string of the molecule is COC(=O)C1C[C@@]2(C)C(=CC1=O)CC[C@H]1[C@@H]3CCC(OC(=O)c4cccc(I)c4)[C@@]3(C)CC[C@]12Cl. The van der Waals surface area contributed by atoms with Crippen LogP contribution in [-0.4, -0.2) is 35.8 Å². The van der Waals surface area contributed by atoms with Gasteiger partial charge in [-0.25, -0.2) is 4.79 Å². The Kier molecular flexibility index (Phi) is 6.39. The summed E-state index contributed by atoms with van der Waals surface area (Å²) >= 11 is 9.84. The van der Waals surface area contributed by atoms with Gasteiger partial charge >= 0.3 is 11.9 Å². The van der Waals surface area contributed by atoms with Crippen LogP contribution in [0.5, 0.6) is 0 Å². The Hall–Kier alpha value is -1.41. The smallest absolute Gasteiger partial charge is 0.338 e. The largest absolute Gasteiger partial charge is 0.468 e. The number of rotatable bonds is 3. The minimum absolute atomic E-state index is 0.134. The molecule has 1 aromatic carbocycles. The molecule has 188 valence electrons. The molecule has 0 heterocycles. The Morgan fingerprint density at radius 1 is 1.11 bits per heavy atom. The first-order valence-corrected chi connectivity index (χ1v) is 14.0. The highest BCUT2D eigenvalue weighted by molar-refractivity contribution is 14.1. The standard InChI is InChI=1S/C28H32ClIO5/c1-26-11-12-28(29)21(8-7-17-14-22(31)19(25(33)34-3)15-27(17,28)2)20(26)9-10-23(26)35-24(32)16-5-4-6-18(30)13-16/h4-6,13-14,19-21,23H,7-12,15H2,1-3H3/t19?,20-,21-,23?,26-,27-,28-/m0/s1. The van der Waals surface area contributed by atoms with Gasteiger partial charge in [0.25, 0.3) is 0 Å². The van der Waals surface area contributed by atoms with Crippen LogP contribution in [0.3, 0.4) is 0 Å². The van der Waals surface area contributed by atoms with Gasteiger partial charge in [-0.1, -0.05) is 25.5 Å². The maximum Gasteiger partial charge on any atom is 0.338 e. The van der Waals surface area contributed by atoms with Gasteiger partial charge in [-0.3, -0.25) is 9.59 Å². The average Bonchev–Trinajstić information content (AvgIpc) is 3.15. The van der Waals surface area contributed by atoms with E-state index >= 15 is 0 Å². The number of hydrogen-bond donors (Lipinski definition) is 0. The Morgan fingerprint density at radius 3 is 2.60 bits per heavy atom. The van der Waals surface area contributed by atoms with Crippen molar-refractivity contribution in [1.82, 2.24) is 0 Å². The third-order valence-electron chi connectivity index (χ3n) is 9.84. The van der Waals surface area contributed by atoms with E-state index in [1.54, 1.807) is 6.08 Å². The van der Waals surface area contributed by atoms with Crippen molar-refractivity contribution in [2.75, 3.05) is 7.11 Å². The van der Waals surface area contributed by atoms with Crippen molar-refractivity contribution in [3.05, 3.63) is 45.0 Å².